The number of benzene rings is 2. The first kappa shape index (κ1) is 22.7. The molecule has 1 N–H and O–H groups in total. The first-order valence-corrected chi connectivity index (χ1v) is 11.8. The highest BCUT2D eigenvalue weighted by Crippen LogP contribution is 2.23. The molecule has 0 saturated carbocycles. The van der Waals surface area contributed by atoms with E-state index in [4.69, 9.17) is 9.72 Å². The number of halogens is 1. The summed E-state index contributed by atoms with van der Waals surface area (Å²) in [6.45, 7) is 3.79. The van der Waals surface area contributed by atoms with Crippen molar-refractivity contribution < 1.29 is 13.9 Å². The van der Waals surface area contributed by atoms with Gasteiger partial charge in [-0.25, -0.2) is 14.6 Å². The normalized spacial score (nSPS) is 15.7. The molecule has 9 nitrogen and oxygen atoms in total. The summed E-state index contributed by atoms with van der Waals surface area (Å²) in [6, 6.07) is 12.1. The van der Waals surface area contributed by atoms with Gasteiger partial charge in [-0.05, 0) is 79.8 Å². The highest BCUT2D eigenvalue weighted by Gasteiger charge is 2.21. The topological polar surface area (TPSA) is 95.8 Å². The van der Waals surface area contributed by atoms with Crippen LogP contribution in [0.25, 0.3) is 0 Å². The molecule has 5 rings (SSSR count). The highest BCUT2D eigenvalue weighted by molar-refractivity contribution is 5.91. The zero-order valence-electron chi connectivity index (χ0n) is 19.2. The van der Waals surface area contributed by atoms with Crippen LogP contribution in [0.15, 0.2) is 53.6 Å². The van der Waals surface area contributed by atoms with E-state index in [2.05, 4.69) is 30.3 Å². The number of nitrogens with one attached hydrogen (secondary N) is 1. The van der Waals surface area contributed by atoms with E-state index < -0.39 is 11.8 Å². The number of ether oxygens (including phenoxy) is 1. The Morgan fingerprint density at radius 2 is 1.43 bits per heavy atom. The van der Waals surface area contributed by atoms with Gasteiger partial charge < -0.3 is 14.5 Å². The molecule has 2 fully saturated rings. The van der Waals surface area contributed by atoms with Crippen LogP contribution in [0, 0.1) is 5.82 Å². The summed E-state index contributed by atoms with van der Waals surface area (Å²) in [5.41, 5.74) is 4.01. The zero-order chi connectivity index (χ0) is 24.0. The summed E-state index contributed by atoms with van der Waals surface area (Å²) < 4.78 is 18.4. The number of aromatic nitrogens is 3. The third-order valence-electron chi connectivity index (χ3n) is 5.94. The molecule has 1 aromatic heterocycles. The molecule has 180 valence electrons. The summed E-state index contributed by atoms with van der Waals surface area (Å²) in [5.74, 6) is 1.20. The summed E-state index contributed by atoms with van der Waals surface area (Å²) >= 11 is 0. The highest BCUT2D eigenvalue weighted by atomic mass is 19.1. The van der Waals surface area contributed by atoms with Crippen molar-refractivity contribution >= 4 is 30.0 Å². The van der Waals surface area contributed by atoms with Crippen LogP contribution in [0.1, 0.15) is 41.6 Å². The second-order valence-corrected chi connectivity index (χ2v) is 8.48. The Labute approximate surface area is 202 Å². The zero-order valence-corrected chi connectivity index (χ0v) is 19.2. The van der Waals surface area contributed by atoms with Gasteiger partial charge in [0.2, 0.25) is 17.8 Å². The predicted octanol–water partition coefficient (Wildman–Crippen LogP) is 3.88. The van der Waals surface area contributed by atoms with Crippen LogP contribution in [0.2, 0.25) is 0 Å². The SMILES string of the molecule is O=C(Oc1ccc(/C=N/Nc2nc(N3CCCC3)nc(N3CCCC3)n2)cc1)c1ccc(F)cc1. The lowest BCUT2D eigenvalue weighted by molar-refractivity contribution is 0.0734. The van der Waals surface area contributed by atoms with Crippen LogP contribution in [-0.4, -0.2) is 53.3 Å². The van der Waals surface area contributed by atoms with Gasteiger partial charge in [0, 0.05) is 26.2 Å². The van der Waals surface area contributed by atoms with Gasteiger partial charge in [-0.3, -0.25) is 0 Å². The average molecular weight is 476 g/mol. The van der Waals surface area contributed by atoms with E-state index in [0.717, 1.165) is 57.4 Å². The minimum Gasteiger partial charge on any atom is -0.423 e. The number of hydrogen-bond acceptors (Lipinski definition) is 9. The Bertz CT molecular complexity index is 1160. The van der Waals surface area contributed by atoms with Crippen LogP contribution < -0.4 is 20.0 Å². The molecule has 2 saturated heterocycles. The summed E-state index contributed by atoms with van der Waals surface area (Å²) in [5, 5.41) is 4.29. The second kappa shape index (κ2) is 10.5. The van der Waals surface area contributed by atoms with E-state index in [0.29, 0.717) is 23.6 Å². The molecule has 3 heterocycles. The summed E-state index contributed by atoms with van der Waals surface area (Å²) in [4.78, 5) is 30.4. The maximum absolute atomic E-state index is 13.0. The predicted molar refractivity (Wildman–Crippen MR) is 132 cm³/mol. The van der Waals surface area contributed by atoms with Crippen LogP contribution in [0.5, 0.6) is 5.75 Å². The Kier molecular flexibility index (Phi) is 6.78. The van der Waals surface area contributed by atoms with Crippen LogP contribution in [-0.2, 0) is 0 Å². The third-order valence-corrected chi connectivity index (χ3v) is 5.94. The number of carbonyl (C=O) groups excluding carboxylic acids is 1. The van der Waals surface area contributed by atoms with Crippen LogP contribution >= 0.6 is 0 Å². The number of hydrazone groups is 1. The minimum absolute atomic E-state index is 0.278. The molecule has 2 aliphatic rings. The van der Waals surface area contributed by atoms with Gasteiger partial charge in [0.1, 0.15) is 11.6 Å². The monoisotopic (exact) mass is 475 g/mol. The molecule has 10 heteroatoms. The molecule has 0 atom stereocenters. The lowest BCUT2D eigenvalue weighted by Crippen LogP contribution is -2.25. The summed E-state index contributed by atoms with van der Waals surface area (Å²) in [6.07, 6.45) is 6.20. The molecule has 0 amide bonds. The van der Waals surface area contributed by atoms with E-state index in [1.807, 2.05) is 0 Å². The first-order chi connectivity index (χ1) is 17.1. The molecular weight excluding hydrogens is 449 g/mol. The van der Waals surface area contributed by atoms with E-state index in [-0.39, 0.29) is 5.56 Å². The molecule has 0 bridgehead atoms. The van der Waals surface area contributed by atoms with Crippen LogP contribution in [0.3, 0.4) is 0 Å². The molecule has 0 unspecified atom stereocenters. The minimum atomic E-state index is -0.550. The quantitative estimate of drug-likeness (QED) is 0.238. The fourth-order valence-electron chi connectivity index (χ4n) is 4.06. The fourth-order valence-corrected chi connectivity index (χ4v) is 4.06. The van der Waals surface area contributed by atoms with Crippen LogP contribution in [0.4, 0.5) is 22.2 Å². The average Bonchev–Trinajstić information content (AvgIpc) is 3.60. The summed E-state index contributed by atoms with van der Waals surface area (Å²) in [7, 11) is 0. The van der Waals surface area contributed by atoms with Gasteiger partial charge in [0.05, 0.1) is 11.8 Å². The number of carbonyl (C=O) groups is 1. The van der Waals surface area contributed by atoms with Gasteiger partial charge in [-0.15, -0.1) is 0 Å². The van der Waals surface area contributed by atoms with E-state index in [9.17, 15) is 9.18 Å². The molecule has 2 aromatic carbocycles. The first-order valence-electron chi connectivity index (χ1n) is 11.8. The van der Waals surface area contributed by atoms with E-state index in [1.165, 1.54) is 24.3 Å². The van der Waals surface area contributed by atoms with E-state index in [1.54, 1.807) is 30.5 Å². The van der Waals surface area contributed by atoms with Gasteiger partial charge in [0.25, 0.3) is 0 Å². The van der Waals surface area contributed by atoms with Crippen molar-refractivity contribution in [3.05, 3.63) is 65.5 Å². The Morgan fingerprint density at radius 3 is 2.00 bits per heavy atom. The van der Waals surface area contributed by atoms with Crippen molar-refractivity contribution in [1.29, 1.82) is 0 Å². The van der Waals surface area contributed by atoms with Gasteiger partial charge in [-0.2, -0.15) is 20.1 Å². The lowest BCUT2D eigenvalue weighted by Gasteiger charge is -2.20. The Hall–Kier alpha value is -4.08. The smallest absolute Gasteiger partial charge is 0.343 e. The number of rotatable bonds is 7. The van der Waals surface area contributed by atoms with Gasteiger partial charge in [0.15, 0.2) is 0 Å². The Balaban J connectivity index is 1.23. The number of esters is 1. The molecule has 35 heavy (non-hydrogen) atoms. The fraction of sp³-hybridized carbons (Fsp3) is 0.320. The standard InChI is InChI=1S/C25H26FN7O2/c26-20-9-7-19(8-10-20)22(34)35-21-11-5-18(6-12-21)17-27-31-23-28-24(32-13-1-2-14-32)30-25(29-23)33-15-3-4-16-33/h5-12,17H,1-4,13-16H2,(H,28,29,30,31)/b27-17+. The van der Waals surface area contributed by atoms with E-state index >= 15 is 0 Å². The molecule has 0 aliphatic carbocycles. The van der Waals surface area contributed by atoms with Crippen molar-refractivity contribution in [3.8, 4) is 5.75 Å². The van der Waals surface area contributed by atoms with Gasteiger partial charge in [-0.1, -0.05) is 0 Å². The lowest BCUT2D eigenvalue weighted by atomic mass is 10.2. The maximum atomic E-state index is 13.0. The molecule has 3 aromatic rings. The van der Waals surface area contributed by atoms with Crippen molar-refractivity contribution in [2.24, 2.45) is 5.10 Å². The molecule has 0 spiro atoms. The third kappa shape index (κ3) is 5.71. The molecule has 0 radical (unpaired) electrons. The molecular formula is C25H26FN7O2. The Morgan fingerprint density at radius 1 is 0.857 bits per heavy atom. The van der Waals surface area contributed by atoms with Crippen molar-refractivity contribution in [2.45, 2.75) is 25.7 Å². The number of nitrogens with zero attached hydrogens (tertiary/aromatic N) is 6. The molecule has 2 aliphatic heterocycles. The maximum Gasteiger partial charge on any atom is 0.343 e. The second-order valence-electron chi connectivity index (χ2n) is 8.48. The van der Waals surface area contributed by atoms with Crippen molar-refractivity contribution in [1.82, 2.24) is 15.0 Å². The largest absolute Gasteiger partial charge is 0.423 e. The van der Waals surface area contributed by atoms with Crippen molar-refractivity contribution in [3.63, 3.8) is 0 Å². The van der Waals surface area contributed by atoms with Gasteiger partial charge >= 0.3 is 5.97 Å². The van der Waals surface area contributed by atoms with Crippen molar-refractivity contribution in [2.75, 3.05) is 41.4 Å². The number of anilines is 3. The number of hydrogen-bond donors (Lipinski definition) is 1.